The van der Waals surface area contributed by atoms with E-state index < -0.39 is 23.3 Å². The third-order valence-corrected chi connectivity index (χ3v) is 3.04. The lowest BCUT2D eigenvalue weighted by molar-refractivity contribution is -0.138. The van der Waals surface area contributed by atoms with Crippen LogP contribution in [0.15, 0.2) is 41.3 Å². The lowest BCUT2D eigenvalue weighted by Gasteiger charge is -2.18. The molecule has 0 amide bonds. The molecule has 1 heterocycles. The van der Waals surface area contributed by atoms with Gasteiger partial charge in [-0.2, -0.15) is 18.3 Å². The maximum atomic E-state index is 12.9. The number of hydrogen-bond acceptors (Lipinski definition) is 3. The van der Waals surface area contributed by atoms with Crippen molar-refractivity contribution in [3.05, 3.63) is 63.6 Å². The van der Waals surface area contributed by atoms with Crippen LogP contribution in [0.1, 0.15) is 22.7 Å². The summed E-state index contributed by atoms with van der Waals surface area (Å²) in [6.07, 6.45) is -3.02. The number of hydrogen-bond donors (Lipinski definition) is 1. The Labute approximate surface area is 119 Å². The first kappa shape index (κ1) is 15.2. The quantitative estimate of drug-likeness (QED) is 0.945. The molecule has 21 heavy (non-hydrogen) atoms. The highest BCUT2D eigenvalue weighted by atomic mass is 19.4. The van der Waals surface area contributed by atoms with E-state index in [1.807, 2.05) is 0 Å². The summed E-state index contributed by atoms with van der Waals surface area (Å²) in [6.45, 7) is 1.59. The van der Waals surface area contributed by atoms with Gasteiger partial charge in [-0.1, -0.05) is 18.2 Å². The van der Waals surface area contributed by atoms with Crippen LogP contribution in [0, 0.1) is 6.92 Å². The summed E-state index contributed by atoms with van der Waals surface area (Å²) >= 11 is 0. The summed E-state index contributed by atoms with van der Waals surface area (Å²) in [6, 6.07) is 5.45. The van der Waals surface area contributed by atoms with Crippen LogP contribution in [0.2, 0.25) is 0 Å². The Hall–Kier alpha value is -2.15. The number of aromatic nitrogens is 2. The Balaban J connectivity index is 2.33. The molecule has 1 aromatic heterocycles. The van der Waals surface area contributed by atoms with Crippen molar-refractivity contribution in [2.24, 2.45) is 5.73 Å². The molecular weight excluding hydrogens is 283 g/mol. The van der Waals surface area contributed by atoms with Crippen molar-refractivity contribution in [3.63, 3.8) is 0 Å². The summed E-state index contributed by atoms with van der Waals surface area (Å²) < 4.78 is 39.9. The normalized spacial score (nSPS) is 13.2. The average Bonchev–Trinajstić information content (AvgIpc) is 2.41. The van der Waals surface area contributed by atoms with Crippen LogP contribution < -0.4 is 11.3 Å². The zero-order chi connectivity index (χ0) is 15.6. The number of aryl methyl sites for hydroxylation is 1. The number of rotatable bonds is 3. The fourth-order valence-electron chi connectivity index (χ4n) is 2.02. The van der Waals surface area contributed by atoms with Crippen molar-refractivity contribution < 1.29 is 13.2 Å². The van der Waals surface area contributed by atoms with Gasteiger partial charge in [0.2, 0.25) is 0 Å². The summed E-state index contributed by atoms with van der Waals surface area (Å²) in [7, 11) is 0. The number of nitrogens with zero attached hydrogens (tertiary/aromatic N) is 2. The third kappa shape index (κ3) is 3.49. The molecule has 0 aliphatic heterocycles. The molecule has 1 atom stereocenters. The summed E-state index contributed by atoms with van der Waals surface area (Å²) in [5.41, 5.74) is 5.27. The second-order valence-corrected chi connectivity index (χ2v) is 4.74. The van der Waals surface area contributed by atoms with E-state index in [1.54, 1.807) is 6.92 Å². The smallest absolute Gasteiger partial charge is 0.322 e. The van der Waals surface area contributed by atoms with Crippen LogP contribution in [0.4, 0.5) is 13.2 Å². The topological polar surface area (TPSA) is 60.9 Å². The van der Waals surface area contributed by atoms with Crippen molar-refractivity contribution in [2.45, 2.75) is 25.7 Å². The molecule has 0 fully saturated rings. The number of alkyl halides is 3. The lowest BCUT2D eigenvalue weighted by Crippen LogP contribution is -2.29. The number of halogens is 3. The molecule has 0 bridgehead atoms. The average molecular weight is 297 g/mol. The SMILES string of the molecule is Cc1cnn(CC(N)c2ccccc2C(F)(F)F)c(=O)c1. The van der Waals surface area contributed by atoms with Gasteiger partial charge in [-0.3, -0.25) is 4.79 Å². The Morgan fingerprint density at radius 3 is 2.62 bits per heavy atom. The molecule has 4 nitrogen and oxygen atoms in total. The highest BCUT2D eigenvalue weighted by Crippen LogP contribution is 2.34. The van der Waals surface area contributed by atoms with E-state index in [-0.39, 0.29) is 12.1 Å². The Morgan fingerprint density at radius 1 is 1.33 bits per heavy atom. The summed E-state index contributed by atoms with van der Waals surface area (Å²) in [5.74, 6) is 0. The highest BCUT2D eigenvalue weighted by Gasteiger charge is 2.34. The first-order chi connectivity index (χ1) is 9.79. The van der Waals surface area contributed by atoms with Crippen LogP contribution in [-0.4, -0.2) is 9.78 Å². The van der Waals surface area contributed by atoms with Crippen molar-refractivity contribution >= 4 is 0 Å². The maximum absolute atomic E-state index is 12.9. The zero-order valence-corrected chi connectivity index (χ0v) is 11.3. The number of nitrogens with two attached hydrogens (primary N) is 1. The first-order valence-electron chi connectivity index (χ1n) is 6.24. The minimum atomic E-state index is -4.49. The van der Waals surface area contributed by atoms with Crippen molar-refractivity contribution in [2.75, 3.05) is 0 Å². The molecule has 112 valence electrons. The molecule has 0 saturated carbocycles. The fraction of sp³-hybridized carbons (Fsp3) is 0.286. The van der Waals surface area contributed by atoms with Gasteiger partial charge >= 0.3 is 6.18 Å². The standard InChI is InChI=1S/C14H14F3N3O/c1-9-6-13(21)20(19-7-9)8-12(18)10-4-2-3-5-11(10)14(15,16)17/h2-7,12H,8,18H2,1H3. The molecule has 1 aromatic carbocycles. The minimum Gasteiger partial charge on any atom is -0.322 e. The molecule has 2 N–H and O–H groups in total. The van der Waals surface area contributed by atoms with Crippen molar-refractivity contribution in [1.29, 1.82) is 0 Å². The zero-order valence-electron chi connectivity index (χ0n) is 11.3. The second kappa shape index (κ2) is 5.69. The molecule has 0 spiro atoms. The van der Waals surface area contributed by atoms with Gasteiger partial charge in [-0.25, -0.2) is 4.68 Å². The lowest BCUT2D eigenvalue weighted by atomic mass is 10.0. The Bertz CT molecular complexity index is 694. The monoisotopic (exact) mass is 297 g/mol. The predicted molar refractivity (Wildman–Crippen MR) is 71.6 cm³/mol. The van der Waals surface area contributed by atoms with Gasteiger partial charge in [0.1, 0.15) is 0 Å². The number of benzene rings is 1. The van der Waals surface area contributed by atoms with Gasteiger partial charge in [0, 0.05) is 6.07 Å². The van der Waals surface area contributed by atoms with E-state index in [4.69, 9.17) is 5.73 Å². The van der Waals surface area contributed by atoms with E-state index in [1.165, 1.54) is 30.5 Å². The molecule has 0 saturated heterocycles. The molecule has 0 aliphatic rings. The van der Waals surface area contributed by atoms with Crippen LogP contribution in [0.25, 0.3) is 0 Å². The van der Waals surface area contributed by atoms with E-state index in [0.717, 1.165) is 10.7 Å². The van der Waals surface area contributed by atoms with E-state index in [2.05, 4.69) is 5.10 Å². The Morgan fingerprint density at radius 2 is 2.00 bits per heavy atom. The van der Waals surface area contributed by atoms with Crippen LogP contribution in [-0.2, 0) is 12.7 Å². The minimum absolute atomic E-state index is 0.0562. The molecule has 0 radical (unpaired) electrons. The van der Waals surface area contributed by atoms with Gasteiger partial charge in [0.05, 0.1) is 24.3 Å². The van der Waals surface area contributed by atoms with Crippen molar-refractivity contribution in [1.82, 2.24) is 9.78 Å². The molecule has 7 heteroatoms. The fourth-order valence-corrected chi connectivity index (χ4v) is 2.02. The largest absolute Gasteiger partial charge is 0.416 e. The third-order valence-electron chi connectivity index (χ3n) is 3.04. The van der Waals surface area contributed by atoms with Gasteiger partial charge < -0.3 is 5.73 Å². The molecule has 1 unspecified atom stereocenters. The van der Waals surface area contributed by atoms with Crippen LogP contribution in [0.5, 0.6) is 0 Å². The molecule has 2 rings (SSSR count). The van der Waals surface area contributed by atoms with E-state index >= 15 is 0 Å². The molecular formula is C14H14F3N3O. The molecule has 0 aliphatic carbocycles. The van der Waals surface area contributed by atoms with E-state index in [9.17, 15) is 18.0 Å². The molecule has 2 aromatic rings. The van der Waals surface area contributed by atoms with Crippen LogP contribution >= 0.6 is 0 Å². The van der Waals surface area contributed by atoms with Gasteiger partial charge in [0.25, 0.3) is 5.56 Å². The van der Waals surface area contributed by atoms with Gasteiger partial charge in [-0.15, -0.1) is 0 Å². The van der Waals surface area contributed by atoms with E-state index in [0.29, 0.717) is 5.56 Å². The predicted octanol–water partition coefficient (Wildman–Crippen LogP) is 2.27. The van der Waals surface area contributed by atoms with Gasteiger partial charge in [-0.05, 0) is 24.1 Å². The van der Waals surface area contributed by atoms with Crippen molar-refractivity contribution in [3.8, 4) is 0 Å². The summed E-state index contributed by atoms with van der Waals surface area (Å²) in [5, 5.41) is 3.88. The second-order valence-electron chi connectivity index (χ2n) is 4.74. The first-order valence-corrected chi connectivity index (χ1v) is 6.24. The Kier molecular flexibility index (Phi) is 4.13. The van der Waals surface area contributed by atoms with Gasteiger partial charge in [0.15, 0.2) is 0 Å². The summed E-state index contributed by atoms with van der Waals surface area (Å²) in [4.78, 5) is 11.7. The highest BCUT2D eigenvalue weighted by molar-refractivity contribution is 5.32. The maximum Gasteiger partial charge on any atom is 0.416 e. The van der Waals surface area contributed by atoms with Crippen LogP contribution in [0.3, 0.4) is 0 Å².